The van der Waals surface area contributed by atoms with E-state index in [0.29, 0.717) is 6.04 Å². The van der Waals surface area contributed by atoms with Crippen molar-refractivity contribution in [1.82, 2.24) is 10.2 Å². The summed E-state index contributed by atoms with van der Waals surface area (Å²) in [6.45, 7) is 6.72. The van der Waals surface area contributed by atoms with Crippen molar-refractivity contribution in [2.24, 2.45) is 0 Å². The summed E-state index contributed by atoms with van der Waals surface area (Å²) >= 11 is 0. The maximum Gasteiger partial charge on any atom is 0.0396 e. The normalized spacial score (nSPS) is 21.9. The van der Waals surface area contributed by atoms with E-state index in [9.17, 15) is 0 Å². The lowest BCUT2D eigenvalue weighted by molar-refractivity contribution is 0.257. The van der Waals surface area contributed by atoms with Crippen LogP contribution in [-0.2, 0) is 0 Å². The molecule has 1 aliphatic heterocycles. The third kappa shape index (κ3) is 3.03. The Morgan fingerprint density at radius 3 is 2.78 bits per heavy atom. The highest BCUT2D eigenvalue weighted by atomic mass is 15.2. The molecule has 0 aliphatic carbocycles. The van der Waals surface area contributed by atoms with Crippen molar-refractivity contribution in [2.75, 3.05) is 45.2 Å². The van der Waals surface area contributed by atoms with Gasteiger partial charge in [-0.2, -0.15) is 0 Å². The van der Waals surface area contributed by atoms with Gasteiger partial charge >= 0.3 is 0 Å². The van der Waals surface area contributed by atoms with Crippen molar-refractivity contribution in [3.63, 3.8) is 0 Å². The van der Waals surface area contributed by atoms with Gasteiger partial charge in [0.25, 0.3) is 0 Å². The second-order valence-corrected chi connectivity index (χ2v) is 5.28. The van der Waals surface area contributed by atoms with Crippen LogP contribution in [0.4, 0.5) is 5.69 Å². The van der Waals surface area contributed by atoms with Crippen LogP contribution in [0.15, 0.2) is 24.3 Å². The number of nitrogens with zero attached hydrogens (tertiary/aromatic N) is 2. The van der Waals surface area contributed by atoms with Crippen LogP contribution in [0.2, 0.25) is 0 Å². The second-order valence-electron chi connectivity index (χ2n) is 5.28. The molecular weight excluding hydrogens is 222 g/mol. The third-order valence-electron chi connectivity index (χ3n) is 3.89. The lowest BCUT2D eigenvalue weighted by Crippen LogP contribution is -2.44. The summed E-state index contributed by atoms with van der Waals surface area (Å²) in [6.07, 6.45) is 1.24. The van der Waals surface area contributed by atoms with E-state index in [1.165, 1.54) is 24.2 Å². The minimum Gasteiger partial charge on any atom is -0.370 e. The van der Waals surface area contributed by atoms with Crippen molar-refractivity contribution in [1.29, 1.82) is 0 Å². The van der Waals surface area contributed by atoms with Crippen LogP contribution < -0.4 is 10.2 Å². The highest BCUT2D eigenvalue weighted by molar-refractivity contribution is 5.53. The molecule has 0 aromatic heterocycles. The Morgan fingerprint density at radius 2 is 2.06 bits per heavy atom. The number of rotatable bonds is 3. The molecule has 0 radical (unpaired) electrons. The van der Waals surface area contributed by atoms with E-state index >= 15 is 0 Å². The third-order valence-corrected chi connectivity index (χ3v) is 3.89. The van der Waals surface area contributed by atoms with Crippen LogP contribution in [0.5, 0.6) is 0 Å². The minimum atomic E-state index is 0.595. The monoisotopic (exact) mass is 247 g/mol. The fourth-order valence-electron chi connectivity index (χ4n) is 2.77. The van der Waals surface area contributed by atoms with Gasteiger partial charge in [-0.3, -0.25) is 0 Å². The van der Waals surface area contributed by atoms with E-state index in [2.05, 4.69) is 53.4 Å². The first-order valence-corrected chi connectivity index (χ1v) is 6.88. The minimum absolute atomic E-state index is 0.595. The van der Waals surface area contributed by atoms with E-state index in [-0.39, 0.29) is 0 Å². The predicted octanol–water partition coefficient (Wildman–Crippen LogP) is 1.72. The Bertz CT molecular complexity index is 378. The molecule has 1 aliphatic rings. The van der Waals surface area contributed by atoms with Gasteiger partial charge in [-0.25, -0.2) is 0 Å². The first kappa shape index (κ1) is 13.4. The van der Waals surface area contributed by atoms with E-state index in [4.69, 9.17) is 0 Å². The van der Waals surface area contributed by atoms with E-state index in [1.54, 1.807) is 0 Å². The van der Waals surface area contributed by atoms with Gasteiger partial charge in [0.05, 0.1) is 0 Å². The van der Waals surface area contributed by atoms with Crippen LogP contribution >= 0.6 is 0 Å². The van der Waals surface area contributed by atoms with Crippen LogP contribution in [0.1, 0.15) is 12.0 Å². The Labute approximate surface area is 111 Å². The van der Waals surface area contributed by atoms with Crippen molar-refractivity contribution < 1.29 is 0 Å². The molecule has 1 heterocycles. The zero-order valence-corrected chi connectivity index (χ0v) is 11.8. The molecule has 1 unspecified atom stereocenters. The predicted molar refractivity (Wildman–Crippen MR) is 78.4 cm³/mol. The molecule has 1 aromatic rings. The van der Waals surface area contributed by atoms with Gasteiger partial charge in [-0.05, 0) is 45.6 Å². The molecule has 0 bridgehead atoms. The van der Waals surface area contributed by atoms with Gasteiger partial charge < -0.3 is 15.1 Å². The smallest absolute Gasteiger partial charge is 0.0396 e. The summed E-state index contributed by atoms with van der Waals surface area (Å²) in [5, 5.41) is 3.31. The summed E-state index contributed by atoms with van der Waals surface area (Å²) in [5.41, 5.74) is 2.78. The molecule has 1 fully saturated rings. The molecule has 1 atom stereocenters. The van der Waals surface area contributed by atoms with Gasteiger partial charge in [0.1, 0.15) is 0 Å². The first-order valence-electron chi connectivity index (χ1n) is 6.88. The zero-order valence-electron chi connectivity index (χ0n) is 11.8. The van der Waals surface area contributed by atoms with Gasteiger partial charge in [0.15, 0.2) is 0 Å². The molecule has 0 saturated carbocycles. The molecule has 3 nitrogen and oxygen atoms in total. The number of hydrogen-bond donors (Lipinski definition) is 1. The molecule has 1 saturated heterocycles. The van der Waals surface area contributed by atoms with Gasteiger partial charge in [0, 0.05) is 31.4 Å². The van der Waals surface area contributed by atoms with E-state index in [1.807, 2.05) is 7.05 Å². The van der Waals surface area contributed by atoms with Gasteiger partial charge in [-0.1, -0.05) is 18.2 Å². The number of likely N-dealkylation sites (N-methyl/N-ethyl adjacent to an activating group) is 2. The molecule has 0 spiro atoms. The Hall–Kier alpha value is -1.06. The Morgan fingerprint density at radius 1 is 1.28 bits per heavy atom. The quantitative estimate of drug-likeness (QED) is 0.877. The zero-order chi connectivity index (χ0) is 13.0. The molecule has 3 heteroatoms. The molecule has 0 amide bonds. The van der Waals surface area contributed by atoms with Gasteiger partial charge in [-0.15, -0.1) is 0 Å². The van der Waals surface area contributed by atoms with Crippen molar-refractivity contribution >= 4 is 5.69 Å². The number of para-hydroxylation sites is 1. The Kier molecular flexibility index (Phi) is 4.61. The first-order chi connectivity index (χ1) is 8.72. The Balaban J connectivity index is 2.15. The maximum atomic E-state index is 3.31. The molecule has 18 heavy (non-hydrogen) atoms. The number of aryl methyl sites for hydroxylation is 1. The van der Waals surface area contributed by atoms with E-state index in [0.717, 1.165) is 19.6 Å². The van der Waals surface area contributed by atoms with Crippen molar-refractivity contribution in [2.45, 2.75) is 19.4 Å². The van der Waals surface area contributed by atoms with Gasteiger partial charge in [0.2, 0.25) is 0 Å². The highest BCUT2D eigenvalue weighted by Crippen LogP contribution is 2.22. The number of hydrogen-bond acceptors (Lipinski definition) is 3. The second kappa shape index (κ2) is 6.21. The highest BCUT2D eigenvalue weighted by Gasteiger charge is 2.22. The molecule has 2 rings (SSSR count). The SMILES string of the molecule is CNCC1CN(c2ccccc2C)CCCN1C. The summed E-state index contributed by atoms with van der Waals surface area (Å²) < 4.78 is 0. The number of anilines is 1. The maximum absolute atomic E-state index is 3.31. The molecule has 1 N–H and O–H groups in total. The molecular formula is C15H25N3. The molecule has 1 aromatic carbocycles. The molecule has 100 valence electrons. The van der Waals surface area contributed by atoms with Crippen molar-refractivity contribution in [3.05, 3.63) is 29.8 Å². The van der Waals surface area contributed by atoms with Crippen LogP contribution in [-0.4, -0.2) is 51.2 Å². The van der Waals surface area contributed by atoms with E-state index < -0.39 is 0 Å². The summed E-state index contributed by atoms with van der Waals surface area (Å²) in [4.78, 5) is 5.02. The fraction of sp³-hybridized carbons (Fsp3) is 0.600. The fourth-order valence-corrected chi connectivity index (χ4v) is 2.77. The standard InChI is InChI=1S/C15H25N3/c1-13-7-4-5-8-15(13)18-10-6-9-17(3)14(12-18)11-16-2/h4-5,7-8,14,16H,6,9-12H2,1-3H3. The van der Waals surface area contributed by atoms with Crippen LogP contribution in [0.25, 0.3) is 0 Å². The number of benzene rings is 1. The van der Waals surface area contributed by atoms with Crippen LogP contribution in [0.3, 0.4) is 0 Å². The summed E-state index contributed by atoms with van der Waals surface area (Å²) in [6, 6.07) is 9.31. The lowest BCUT2D eigenvalue weighted by Gasteiger charge is -2.30. The van der Waals surface area contributed by atoms with Crippen LogP contribution in [0, 0.1) is 6.92 Å². The van der Waals surface area contributed by atoms with Crippen molar-refractivity contribution in [3.8, 4) is 0 Å². The topological polar surface area (TPSA) is 18.5 Å². The largest absolute Gasteiger partial charge is 0.370 e. The number of nitrogens with one attached hydrogen (secondary N) is 1. The summed E-state index contributed by atoms with van der Waals surface area (Å²) in [7, 11) is 4.28. The average molecular weight is 247 g/mol. The average Bonchev–Trinajstić information content (AvgIpc) is 2.54. The summed E-state index contributed by atoms with van der Waals surface area (Å²) in [5.74, 6) is 0. The lowest BCUT2D eigenvalue weighted by atomic mass is 10.1.